The maximum atomic E-state index is 6.04. The molecule has 3 N–H and O–H groups in total. The van der Waals surface area contributed by atoms with Crippen LogP contribution in [-0.4, -0.2) is 10.2 Å². The van der Waals surface area contributed by atoms with Gasteiger partial charge in [-0.05, 0) is 30.2 Å². The Bertz CT molecular complexity index is 532. The lowest BCUT2D eigenvalue weighted by Gasteiger charge is -2.06. The summed E-state index contributed by atoms with van der Waals surface area (Å²) in [7, 11) is 0. The molecule has 0 amide bonds. The van der Waals surface area contributed by atoms with Gasteiger partial charge in [0, 0.05) is 5.02 Å². The lowest BCUT2D eigenvalue weighted by Crippen LogP contribution is -2.05. The van der Waals surface area contributed by atoms with Crippen LogP contribution in [0.15, 0.2) is 18.2 Å². The van der Waals surface area contributed by atoms with Crippen LogP contribution in [0, 0.1) is 0 Å². The second kappa shape index (κ2) is 5.99. The number of nitrogen functional groups attached to an aromatic ring is 1. The molecule has 0 unspecified atom stereocenters. The summed E-state index contributed by atoms with van der Waals surface area (Å²) >= 11 is 7.39. The fourth-order valence-corrected chi connectivity index (χ4v) is 2.24. The third-order valence-electron chi connectivity index (χ3n) is 2.35. The molecule has 2 rings (SSSR count). The smallest absolute Gasteiger partial charge is 0.219 e. The predicted octanol–water partition coefficient (Wildman–Crippen LogP) is 2.62. The van der Waals surface area contributed by atoms with Gasteiger partial charge in [-0.1, -0.05) is 29.9 Å². The second-order valence-electron chi connectivity index (χ2n) is 3.54. The molecule has 1 heterocycles. The molecule has 0 aliphatic rings. The highest BCUT2D eigenvalue weighted by molar-refractivity contribution is 7.15. The third kappa shape index (κ3) is 3.10. The number of hydrazine groups is 1. The minimum atomic E-state index is 0.365. The maximum absolute atomic E-state index is 6.04. The van der Waals surface area contributed by atoms with Gasteiger partial charge in [-0.25, -0.2) is 5.84 Å². The molecule has 0 bridgehead atoms. The molecule has 1 aromatic carbocycles. The van der Waals surface area contributed by atoms with Crippen molar-refractivity contribution in [2.75, 3.05) is 5.43 Å². The number of aromatic nitrogens is 2. The molecule has 5 nitrogen and oxygen atoms in total. The third-order valence-corrected chi connectivity index (χ3v) is 3.55. The highest BCUT2D eigenvalue weighted by atomic mass is 35.5. The van der Waals surface area contributed by atoms with Crippen LogP contribution in [0.4, 0.5) is 5.13 Å². The standard InChI is InChI=1S/C11H13ClN4OS/c1-2-7-5-8(3-4-9(7)12)17-6-10-15-16-11(14-13)18-10/h3-5H,2,6,13H2,1H3,(H,14,16). The van der Waals surface area contributed by atoms with Crippen LogP contribution in [0.25, 0.3) is 0 Å². The van der Waals surface area contributed by atoms with Crippen molar-refractivity contribution in [2.45, 2.75) is 20.0 Å². The summed E-state index contributed by atoms with van der Waals surface area (Å²) < 4.78 is 5.63. The van der Waals surface area contributed by atoms with E-state index >= 15 is 0 Å². The van der Waals surface area contributed by atoms with Gasteiger partial charge < -0.3 is 4.74 Å². The number of ether oxygens (including phenoxy) is 1. The van der Waals surface area contributed by atoms with E-state index in [1.54, 1.807) is 0 Å². The minimum absolute atomic E-state index is 0.365. The van der Waals surface area contributed by atoms with Gasteiger partial charge in [-0.3, -0.25) is 5.43 Å². The first-order chi connectivity index (χ1) is 8.72. The second-order valence-corrected chi connectivity index (χ2v) is 5.01. The van der Waals surface area contributed by atoms with Gasteiger partial charge in [0.2, 0.25) is 5.13 Å². The van der Waals surface area contributed by atoms with Crippen molar-refractivity contribution in [3.8, 4) is 5.75 Å². The zero-order chi connectivity index (χ0) is 13.0. The molecule has 96 valence electrons. The van der Waals surface area contributed by atoms with Gasteiger partial charge in [0.05, 0.1) is 0 Å². The molecular weight excluding hydrogens is 272 g/mol. The van der Waals surface area contributed by atoms with Gasteiger partial charge in [-0.15, -0.1) is 10.2 Å². The summed E-state index contributed by atoms with van der Waals surface area (Å²) in [5.74, 6) is 6.00. The molecule has 2 aromatic rings. The van der Waals surface area contributed by atoms with Crippen molar-refractivity contribution in [3.63, 3.8) is 0 Å². The van der Waals surface area contributed by atoms with Crippen molar-refractivity contribution in [1.29, 1.82) is 0 Å². The van der Waals surface area contributed by atoms with Gasteiger partial charge in [0.15, 0.2) is 5.01 Å². The Hall–Kier alpha value is -1.37. The van der Waals surface area contributed by atoms with Crippen LogP contribution in [0.2, 0.25) is 5.02 Å². The topological polar surface area (TPSA) is 73.1 Å². The number of nitrogens with zero attached hydrogens (tertiary/aromatic N) is 2. The first-order valence-electron chi connectivity index (χ1n) is 5.43. The van der Waals surface area contributed by atoms with Gasteiger partial charge >= 0.3 is 0 Å². The van der Waals surface area contributed by atoms with E-state index < -0.39 is 0 Å². The predicted molar refractivity (Wildman–Crippen MR) is 72.9 cm³/mol. The lowest BCUT2D eigenvalue weighted by atomic mass is 10.1. The maximum Gasteiger partial charge on any atom is 0.219 e. The number of benzene rings is 1. The summed E-state index contributed by atoms with van der Waals surface area (Å²) in [5, 5.41) is 9.85. The highest BCUT2D eigenvalue weighted by Crippen LogP contribution is 2.23. The number of aryl methyl sites for hydroxylation is 1. The van der Waals surface area contributed by atoms with Crippen LogP contribution in [-0.2, 0) is 13.0 Å². The van der Waals surface area contributed by atoms with Gasteiger partial charge in [0.25, 0.3) is 0 Å². The first-order valence-corrected chi connectivity index (χ1v) is 6.62. The Morgan fingerprint density at radius 1 is 1.44 bits per heavy atom. The Labute approximate surface area is 114 Å². The van der Waals surface area contributed by atoms with E-state index in [2.05, 4.69) is 22.5 Å². The minimum Gasteiger partial charge on any atom is -0.486 e. The van der Waals surface area contributed by atoms with E-state index in [1.165, 1.54) is 11.3 Å². The average molecular weight is 285 g/mol. The van der Waals surface area contributed by atoms with Crippen LogP contribution >= 0.6 is 22.9 Å². The Balaban J connectivity index is 2.01. The molecule has 0 spiro atoms. The number of anilines is 1. The molecule has 7 heteroatoms. The largest absolute Gasteiger partial charge is 0.486 e. The summed E-state index contributed by atoms with van der Waals surface area (Å²) in [6, 6.07) is 5.61. The van der Waals surface area contributed by atoms with E-state index in [0.717, 1.165) is 27.8 Å². The zero-order valence-electron chi connectivity index (χ0n) is 9.81. The van der Waals surface area contributed by atoms with Crippen molar-refractivity contribution in [3.05, 3.63) is 33.8 Å². The Kier molecular flexibility index (Phi) is 4.35. The van der Waals surface area contributed by atoms with E-state index in [4.69, 9.17) is 22.2 Å². The van der Waals surface area contributed by atoms with Crippen LogP contribution in [0.1, 0.15) is 17.5 Å². The normalized spacial score (nSPS) is 10.4. The number of hydrogen-bond donors (Lipinski definition) is 2. The van der Waals surface area contributed by atoms with E-state index in [9.17, 15) is 0 Å². The monoisotopic (exact) mass is 284 g/mol. The number of rotatable bonds is 5. The highest BCUT2D eigenvalue weighted by Gasteiger charge is 2.05. The van der Waals surface area contributed by atoms with Gasteiger partial charge in [-0.2, -0.15) is 0 Å². The quantitative estimate of drug-likeness (QED) is 0.652. The average Bonchev–Trinajstić information content (AvgIpc) is 2.86. The fourth-order valence-electron chi connectivity index (χ4n) is 1.43. The molecule has 0 aliphatic carbocycles. The van der Waals surface area contributed by atoms with E-state index in [1.807, 2.05) is 18.2 Å². The molecule has 0 aliphatic heterocycles. The van der Waals surface area contributed by atoms with Crippen LogP contribution in [0.3, 0.4) is 0 Å². The fraction of sp³-hybridized carbons (Fsp3) is 0.273. The number of halogens is 1. The van der Waals surface area contributed by atoms with Crippen LogP contribution < -0.4 is 16.0 Å². The summed E-state index contributed by atoms with van der Waals surface area (Å²) in [4.78, 5) is 0. The molecular formula is C11H13ClN4OS. The first kappa shape index (κ1) is 13.1. The number of nitrogens with one attached hydrogen (secondary N) is 1. The SMILES string of the molecule is CCc1cc(OCc2nnc(NN)s2)ccc1Cl. The zero-order valence-corrected chi connectivity index (χ0v) is 11.4. The van der Waals surface area contributed by atoms with Crippen molar-refractivity contribution in [2.24, 2.45) is 5.84 Å². The summed E-state index contributed by atoms with van der Waals surface area (Å²) in [5.41, 5.74) is 3.51. The van der Waals surface area contributed by atoms with Crippen LogP contribution in [0.5, 0.6) is 5.75 Å². The van der Waals surface area contributed by atoms with Crippen molar-refractivity contribution >= 4 is 28.1 Å². The molecule has 0 radical (unpaired) electrons. The van der Waals surface area contributed by atoms with Gasteiger partial charge in [0.1, 0.15) is 12.4 Å². The molecule has 0 saturated carbocycles. The molecule has 18 heavy (non-hydrogen) atoms. The van der Waals surface area contributed by atoms with Crippen molar-refractivity contribution in [1.82, 2.24) is 10.2 Å². The summed E-state index contributed by atoms with van der Waals surface area (Å²) in [6.45, 7) is 2.42. The molecule has 0 atom stereocenters. The van der Waals surface area contributed by atoms with E-state index in [0.29, 0.717) is 11.7 Å². The molecule has 0 saturated heterocycles. The lowest BCUT2D eigenvalue weighted by molar-refractivity contribution is 0.304. The molecule has 1 aromatic heterocycles. The van der Waals surface area contributed by atoms with Crippen molar-refractivity contribution < 1.29 is 4.74 Å². The number of hydrogen-bond acceptors (Lipinski definition) is 6. The number of nitrogens with two attached hydrogens (primary N) is 1. The van der Waals surface area contributed by atoms with E-state index in [-0.39, 0.29) is 0 Å². The summed E-state index contributed by atoms with van der Waals surface area (Å²) in [6.07, 6.45) is 0.871. The Morgan fingerprint density at radius 2 is 2.28 bits per heavy atom. The molecule has 0 fully saturated rings. The Morgan fingerprint density at radius 3 is 2.94 bits per heavy atom.